The summed E-state index contributed by atoms with van der Waals surface area (Å²) < 4.78 is 5.51. The van der Waals surface area contributed by atoms with E-state index in [-0.39, 0.29) is 6.04 Å². The van der Waals surface area contributed by atoms with Gasteiger partial charge in [-0.1, -0.05) is 30.4 Å². The first-order chi connectivity index (χ1) is 11.2. The molecule has 0 saturated heterocycles. The van der Waals surface area contributed by atoms with Crippen molar-refractivity contribution in [2.24, 2.45) is 4.99 Å². The van der Waals surface area contributed by atoms with E-state index in [1.54, 1.807) is 7.11 Å². The van der Waals surface area contributed by atoms with Crippen LogP contribution in [0.4, 0.5) is 0 Å². The Morgan fingerprint density at radius 1 is 1.30 bits per heavy atom. The van der Waals surface area contributed by atoms with Crippen LogP contribution in [0, 0.1) is 0 Å². The van der Waals surface area contributed by atoms with Gasteiger partial charge >= 0.3 is 0 Å². The zero-order chi connectivity index (χ0) is 16.7. The third-order valence-electron chi connectivity index (χ3n) is 4.16. The van der Waals surface area contributed by atoms with Crippen molar-refractivity contribution in [3.63, 3.8) is 0 Å². The van der Waals surface area contributed by atoms with E-state index in [2.05, 4.69) is 52.8 Å². The predicted molar refractivity (Wildman–Crippen MR) is 96.1 cm³/mol. The molecule has 0 bridgehead atoms. The molecular weight excluding hydrogens is 288 g/mol. The van der Waals surface area contributed by atoms with Crippen molar-refractivity contribution in [3.05, 3.63) is 42.0 Å². The average Bonchev–Trinajstić information content (AvgIpc) is 3.07. The second kappa shape index (κ2) is 8.58. The molecule has 0 amide bonds. The number of rotatable bonds is 6. The highest BCUT2D eigenvalue weighted by molar-refractivity contribution is 5.80. The van der Waals surface area contributed by atoms with Crippen LogP contribution in [0.2, 0.25) is 0 Å². The van der Waals surface area contributed by atoms with Gasteiger partial charge in [-0.05, 0) is 33.0 Å². The number of guanidine groups is 1. The van der Waals surface area contributed by atoms with E-state index >= 15 is 0 Å². The first-order valence-electron chi connectivity index (χ1n) is 8.07. The molecule has 0 saturated carbocycles. The minimum atomic E-state index is 0.200. The molecule has 0 radical (unpaired) electrons. The maximum atomic E-state index is 5.51. The number of ether oxygens (including phenoxy) is 1. The summed E-state index contributed by atoms with van der Waals surface area (Å²) >= 11 is 0. The van der Waals surface area contributed by atoms with E-state index in [0.29, 0.717) is 6.04 Å². The van der Waals surface area contributed by atoms with E-state index in [9.17, 15) is 0 Å². The number of aliphatic imine (C=N–C) groups is 1. The lowest BCUT2D eigenvalue weighted by molar-refractivity contribution is 0.287. The fourth-order valence-electron chi connectivity index (χ4n) is 2.83. The largest absolute Gasteiger partial charge is 0.496 e. The quantitative estimate of drug-likeness (QED) is 0.480. The van der Waals surface area contributed by atoms with Gasteiger partial charge in [-0.15, -0.1) is 0 Å². The Bertz CT molecular complexity index is 546. The first-order valence-corrected chi connectivity index (χ1v) is 8.07. The number of nitrogens with zero attached hydrogens (tertiary/aromatic N) is 2. The Balaban J connectivity index is 2.01. The van der Waals surface area contributed by atoms with Gasteiger partial charge in [-0.2, -0.15) is 0 Å². The molecule has 0 aromatic heterocycles. The molecular formula is C18H28N4O. The molecule has 2 rings (SSSR count). The number of hydrogen-bond donors (Lipinski definition) is 2. The van der Waals surface area contributed by atoms with Gasteiger partial charge in [0.05, 0.1) is 13.2 Å². The zero-order valence-electron chi connectivity index (χ0n) is 14.5. The summed E-state index contributed by atoms with van der Waals surface area (Å²) in [6, 6.07) is 8.81. The lowest BCUT2D eigenvalue weighted by Crippen LogP contribution is -2.45. The summed E-state index contributed by atoms with van der Waals surface area (Å²) in [5, 5.41) is 6.91. The highest BCUT2D eigenvalue weighted by Crippen LogP contribution is 2.27. The van der Waals surface area contributed by atoms with Crippen molar-refractivity contribution >= 4 is 5.96 Å². The highest BCUT2D eigenvalue weighted by atomic mass is 16.5. The minimum absolute atomic E-state index is 0.200. The standard InChI is InChI=1S/C18H28N4O/c1-19-18(21-14-9-5-6-10-14)20-13-16(22(2)3)15-11-7-8-12-17(15)23-4/h5-8,11-12,14,16H,9-10,13H2,1-4H3,(H2,19,20,21). The van der Waals surface area contributed by atoms with Crippen molar-refractivity contribution in [3.8, 4) is 5.75 Å². The second-order valence-corrected chi connectivity index (χ2v) is 5.96. The van der Waals surface area contributed by atoms with Gasteiger partial charge in [0.2, 0.25) is 0 Å². The Hall–Kier alpha value is -2.01. The maximum absolute atomic E-state index is 5.51. The van der Waals surface area contributed by atoms with Gasteiger partial charge in [0.1, 0.15) is 5.75 Å². The van der Waals surface area contributed by atoms with E-state index in [0.717, 1.165) is 31.1 Å². The average molecular weight is 316 g/mol. The van der Waals surface area contributed by atoms with Crippen molar-refractivity contribution in [1.29, 1.82) is 0 Å². The van der Waals surface area contributed by atoms with Gasteiger partial charge in [0.15, 0.2) is 5.96 Å². The molecule has 0 fully saturated rings. The molecule has 23 heavy (non-hydrogen) atoms. The van der Waals surface area contributed by atoms with Crippen LogP contribution in [0.25, 0.3) is 0 Å². The Kier molecular flexibility index (Phi) is 6.47. The van der Waals surface area contributed by atoms with Gasteiger partial charge in [-0.25, -0.2) is 0 Å². The Labute approximate surface area is 139 Å². The van der Waals surface area contributed by atoms with Crippen LogP contribution in [0.5, 0.6) is 5.75 Å². The van der Waals surface area contributed by atoms with Crippen LogP contribution in [-0.4, -0.2) is 51.7 Å². The molecule has 5 heteroatoms. The number of para-hydroxylation sites is 1. The molecule has 2 N–H and O–H groups in total. The summed E-state index contributed by atoms with van der Waals surface area (Å²) in [7, 11) is 7.68. The maximum Gasteiger partial charge on any atom is 0.191 e. The van der Waals surface area contributed by atoms with Crippen LogP contribution in [0.3, 0.4) is 0 Å². The third kappa shape index (κ3) is 4.73. The van der Waals surface area contributed by atoms with Crippen LogP contribution in [0.1, 0.15) is 24.4 Å². The molecule has 1 atom stereocenters. The van der Waals surface area contributed by atoms with Crippen molar-refractivity contribution < 1.29 is 4.74 Å². The molecule has 0 spiro atoms. The van der Waals surface area contributed by atoms with E-state index in [1.807, 2.05) is 25.2 Å². The van der Waals surface area contributed by atoms with E-state index < -0.39 is 0 Å². The van der Waals surface area contributed by atoms with Crippen LogP contribution in [-0.2, 0) is 0 Å². The smallest absolute Gasteiger partial charge is 0.191 e. The molecule has 1 aromatic rings. The molecule has 1 aliphatic carbocycles. The van der Waals surface area contributed by atoms with Crippen LogP contribution in [0.15, 0.2) is 41.4 Å². The molecule has 126 valence electrons. The number of methoxy groups -OCH3 is 1. The summed E-state index contributed by atoms with van der Waals surface area (Å²) in [6.07, 6.45) is 6.54. The second-order valence-electron chi connectivity index (χ2n) is 5.96. The minimum Gasteiger partial charge on any atom is -0.496 e. The fraction of sp³-hybridized carbons (Fsp3) is 0.500. The van der Waals surface area contributed by atoms with E-state index in [4.69, 9.17) is 4.74 Å². The van der Waals surface area contributed by atoms with Gasteiger partial charge in [0, 0.05) is 25.2 Å². The fourth-order valence-corrected chi connectivity index (χ4v) is 2.83. The van der Waals surface area contributed by atoms with Crippen LogP contribution >= 0.6 is 0 Å². The molecule has 5 nitrogen and oxygen atoms in total. The Morgan fingerprint density at radius 2 is 2.00 bits per heavy atom. The summed E-state index contributed by atoms with van der Waals surface area (Å²) in [5.74, 6) is 1.76. The molecule has 1 unspecified atom stereocenters. The normalized spacial score (nSPS) is 16.7. The summed E-state index contributed by atoms with van der Waals surface area (Å²) in [5.41, 5.74) is 1.17. The van der Waals surface area contributed by atoms with Gasteiger partial charge in [0.25, 0.3) is 0 Å². The monoisotopic (exact) mass is 316 g/mol. The SMILES string of the molecule is CN=C(NCC(c1ccccc1OC)N(C)C)NC1CC=CC1. The highest BCUT2D eigenvalue weighted by Gasteiger charge is 2.19. The third-order valence-corrected chi connectivity index (χ3v) is 4.16. The van der Waals surface area contributed by atoms with E-state index in [1.165, 1.54) is 5.56 Å². The number of nitrogens with one attached hydrogen (secondary N) is 2. The summed E-state index contributed by atoms with van der Waals surface area (Å²) in [6.45, 7) is 0.757. The summed E-state index contributed by atoms with van der Waals surface area (Å²) in [4.78, 5) is 6.53. The molecule has 1 aromatic carbocycles. The van der Waals surface area contributed by atoms with Crippen molar-refractivity contribution in [2.45, 2.75) is 24.9 Å². The topological polar surface area (TPSA) is 48.9 Å². The number of hydrogen-bond acceptors (Lipinski definition) is 3. The van der Waals surface area contributed by atoms with Crippen molar-refractivity contribution in [1.82, 2.24) is 15.5 Å². The molecule has 1 aliphatic rings. The van der Waals surface area contributed by atoms with Crippen molar-refractivity contribution in [2.75, 3.05) is 34.8 Å². The first kappa shape index (κ1) is 17.3. The van der Waals surface area contributed by atoms with Crippen LogP contribution < -0.4 is 15.4 Å². The predicted octanol–water partition coefficient (Wildman–Crippen LogP) is 2.18. The number of likely N-dealkylation sites (N-methyl/N-ethyl adjacent to an activating group) is 1. The zero-order valence-corrected chi connectivity index (χ0v) is 14.5. The molecule has 0 heterocycles. The lowest BCUT2D eigenvalue weighted by atomic mass is 10.0. The lowest BCUT2D eigenvalue weighted by Gasteiger charge is -2.28. The van der Waals surface area contributed by atoms with Gasteiger partial charge < -0.3 is 20.3 Å². The Morgan fingerprint density at radius 3 is 2.61 bits per heavy atom. The molecule has 0 aliphatic heterocycles. The number of benzene rings is 1. The van der Waals surface area contributed by atoms with Gasteiger partial charge in [-0.3, -0.25) is 4.99 Å².